The maximum atomic E-state index is 12.4. The lowest BCUT2D eigenvalue weighted by Crippen LogP contribution is -2.30. The quantitative estimate of drug-likeness (QED) is 0.647. The number of benzene rings is 2. The lowest BCUT2D eigenvalue weighted by Gasteiger charge is -2.18. The van der Waals surface area contributed by atoms with Crippen LogP contribution < -0.4 is 5.32 Å². The molecule has 0 saturated heterocycles. The molecule has 8 heteroatoms. The summed E-state index contributed by atoms with van der Waals surface area (Å²) in [5, 5.41) is 2.66. The Morgan fingerprint density at radius 3 is 2.14 bits per heavy atom. The molecular formula is C20H24N2O5S. The third-order valence-corrected chi connectivity index (χ3v) is 6.16. The number of hydrogen-bond acceptors (Lipinski definition) is 5. The minimum Gasteiger partial charge on any atom is -0.452 e. The van der Waals surface area contributed by atoms with Gasteiger partial charge in [0.1, 0.15) is 0 Å². The smallest absolute Gasteiger partial charge is 0.338 e. The van der Waals surface area contributed by atoms with Crippen LogP contribution in [-0.4, -0.2) is 44.3 Å². The van der Waals surface area contributed by atoms with E-state index in [-0.39, 0.29) is 10.5 Å². The Kier molecular flexibility index (Phi) is 7.71. The molecular weight excluding hydrogens is 380 g/mol. The van der Waals surface area contributed by atoms with Gasteiger partial charge in [0, 0.05) is 19.6 Å². The summed E-state index contributed by atoms with van der Waals surface area (Å²) >= 11 is 0. The molecule has 1 amide bonds. The number of amides is 1. The molecule has 0 fully saturated rings. The van der Waals surface area contributed by atoms with Crippen molar-refractivity contribution in [2.45, 2.75) is 25.3 Å². The Morgan fingerprint density at radius 1 is 0.964 bits per heavy atom. The van der Waals surface area contributed by atoms with Crippen LogP contribution in [0.5, 0.6) is 0 Å². The summed E-state index contributed by atoms with van der Waals surface area (Å²) in [6, 6.07) is 14.8. The third-order valence-electron chi connectivity index (χ3n) is 4.10. The standard InChI is InChI=1S/C20H24N2O5S/c1-3-22(4-2)28(25,26)18-12-10-17(11-13-18)20(24)27-15-19(23)21-14-16-8-6-5-7-9-16/h5-13H,3-4,14-15H2,1-2H3,(H,21,23). The van der Waals surface area contributed by atoms with E-state index in [1.54, 1.807) is 13.8 Å². The van der Waals surface area contributed by atoms with E-state index in [9.17, 15) is 18.0 Å². The van der Waals surface area contributed by atoms with Crippen LogP contribution >= 0.6 is 0 Å². The van der Waals surface area contributed by atoms with Gasteiger partial charge < -0.3 is 10.1 Å². The van der Waals surface area contributed by atoms with Crippen molar-refractivity contribution in [2.75, 3.05) is 19.7 Å². The van der Waals surface area contributed by atoms with Gasteiger partial charge >= 0.3 is 5.97 Å². The fourth-order valence-corrected chi connectivity index (χ4v) is 4.00. The normalized spacial score (nSPS) is 11.2. The predicted molar refractivity (Wildman–Crippen MR) is 105 cm³/mol. The van der Waals surface area contributed by atoms with E-state index in [1.807, 2.05) is 30.3 Å². The summed E-state index contributed by atoms with van der Waals surface area (Å²) in [7, 11) is -3.59. The van der Waals surface area contributed by atoms with Gasteiger partial charge in [0.15, 0.2) is 6.61 Å². The molecule has 0 spiro atoms. The lowest BCUT2D eigenvalue weighted by molar-refractivity contribution is -0.124. The lowest BCUT2D eigenvalue weighted by atomic mass is 10.2. The van der Waals surface area contributed by atoms with Crippen LogP contribution in [0.15, 0.2) is 59.5 Å². The molecule has 7 nitrogen and oxygen atoms in total. The highest BCUT2D eigenvalue weighted by Crippen LogP contribution is 2.16. The van der Waals surface area contributed by atoms with E-state index in [0.717, 1.165) is 5.56 Å². The molecule has 2 aromatic carbocycles. The summed E-state index contributed by atoms with van der Waals surface area (Å²) in [4.78, 5) is 24.0. The molecule has 2 aromatic rings. The molecule has 0 radical (unpaired) electrons. The van der Waals surface area contributed by atoms with Crippen molar-refractivity contribution >= 4 is 21.9 Å². The fraction of sp³-hybridized carbons (Fsp3) is 0.300. The van der Waals surface area contributed by atoms with Crippen molar-refractivity contribution in [1.29, 1.82) is 0 Å². The van der Waals surface area contributed by atoms with Crippen LogP contribution in [0.25, 0.3) is 0 Å². The largest absolute Gasteiger partial charge is 0.452 e. The van der Waals surface area contributed by atoms with Gasteiger partial charge in [-0.3, -0.25) is 4.79 Å². The third kappa shape index (κ3) is 5.64. The average Bonchev–Trinajstić information content (AvgIpc) is 2.72. The number of rotatable bonds is 9. The summed E-state index contributed by atoms with van der Waals surface area (Å²) in [6.45, 7) is 4.17. The Morgan fingerprint density at radius 2 is 1.57 bits per heavy atom. The van der Waals surface area contributed by atoms with E-state index in [2.05, 4.69) is 5.32 Å². The Labute approximate surface area is 165 Å². The maximum absolute atomic E-state index is 12.4. The summed E-state index contributed by atoms with van der Waals surface area (Å²) in [5.74, 6) is -1.11. The highest BCUT2D eigenvalue weighted by Gasteiger charge is 2.22. The first kappa shape index (κ1) is 21.6. The van der Waals surface area contributed by atoms with Crippen molar-refractivity contribution in [3.8, 4) is 0 Å². The fourth-order valence-electron chi connectivity index (χ4n) is 2.54. The van der Waals surface area contributed by atoms with Crippen LogP contribution in [0.3, 0.4) is 0 Å². The van der Waals surface area contributed by atoms with Crippen LogP contribution in [0.1, 0.15) is 29.8 Å². The van der Waals surface area contributed by atoms with Crippen molar-refractivity contribution in [1.82, 2.24) is 9.62 Å². The predicted octanol–water partition coefficient (Wildman–Crippen LogP) is 2.19. The van der Waals surface area contributed by atoms with E-state index in [0.29, 0.717) is 19.6 Å². The van der Waals surface area contributed by atoms with Gasteiger partial charge in [-0.25, -0.2) is 13.2 Å². The molecule has 0 bridgehead atoms. The molecule has 0 aliphatic heterocycles. The number of sulfonamides is 1. The molecule has 0 aliphatic rings. The zero-order chi connectivity index (χ0) is 20.6. The topological polar surface area (TPSA) is 92.8 Å². The number of carbonyl (C=O) groups excluding carboxylic acids is 2. The zero-order valence-corrected chi connectivity index (χ0v) is 16.7. The van der Waals surface area contributed by atoms with Gasteiger partial charge in [-0.1, -0.05) is 44.2 Å². The second-order valence-corrected chi connectivity index (χ2v) is 7.89. The van der Waals surface area contributed by atoms with Gasteiger partial charge in [0.05, 0.1) is 10.5 Å². The molecule has 28 heavy (non-hydrogen) atoms. The summed E-state index contributed by atoms with van der Waals surface area (Å²) in [5.41, 5.74) is 1.11. The summed E-state index contributed by atoms with van der Waals surface area (Å²) < 4.78 is 31.2. The monoisotopic (exact) mass is 404 g/mol. The molecule has 0 aliphatic carbocycles. The first-order valence-electron chi connectivity index (χ1n) is 8.96. The van der Waals surface area contributed by atoms with Gasteiger partial charge in [0.2, 0.25) is 10.0 Å². The van der Waals surface area contributed by atoms with Crippen molar-refractivity contribution in [3.63, 3.8) is 0 Å². The van der Waals surface area contributed by atoms with Crippen molar-refractivity contribution in [3.05, 3.63) is 65.7 Å². The van der Waals surface area contributed by atoms with Gasteiger partial charge in [0.25, 0.3) is 5.91 Å². The van der Waals surface area contributed by atoms with Crippen LogP contribution in [0.2, 0.25) is 0 Å². The number of carbonyl (C=O) groups is 2. The molecule has 0 atom stereocenters. The molecule has 0 aromatic heterocycles. The average molecular weight is 404 g/mol. The van der Waals surface area contributed by atoms with Crippen LogP contribution in [0, 0.1) is 0 Å². The molecule has 1 N–H and O–H groups in total. The van der Waals surface area contributed by atoms with E-state index < -0.39 is 28.5 Å². The highest BCUT2D eigenvalue weighted by atomic mass is 32.2. The molecule has 0 saturated carbocycles. The number of ether oxygens (including phenoxy) is 1. The van der Waals surface area contributed by atoms with Crippen LogP contribution in [-0.2, 0) is 26.1 Å². The number of esters is 1. The van der Waals surface area contributed by atoms with Crippen molar-refractivity contribution in [2.24, 2.45) is 0 Å². The highest BCUT2D eigenvalue weighted by molar-refractivity contribution is 7.89. The minimum atomic E-state index is -3.59. The van der Waals surface area contributed by atoms with Gasteiger partial charge in [-0.15, -0.1) is 0 Å². The molecule has 2 rings (SSSR count). The molecule has 0 heterocycles. The number of hydrogen-bond donors (Lipinski definition) is 1. The van der Waals surface area contributed by atoms with E-state index >= 15 is 0 Å². The first-order chi connectivity index (χ1) is 13.4. The maximum Gasteiger partial charge on any atom is 0.338 e. The Balaban J connectivity index is 1.90. The van der Waals surface area contributed by atoms with E-state index in [1.165, 1.54) is 28.6 Å². The second-order valence-electron chi connectivity index (χ2n) is 5.95. The molecule has 0 unspecified atom stereocenters. The Hall–Kier alpha value is -2.71. The van der Waals surface area contributed by atoms with Gasteiger partial charge in [-0.05, 0) is 29.8 Å². The SMILES string of the molecule is CCN(CC)S(=O)(=O)c1ccc(C(=O)OCC(=O)NCc2ccccc2)cc1. The number of nitrogens with one attached hydrogen (secondary N) is 1. The first-order valence-corrected chi connectivity index (χ1v) is 10.4. The Bertz CT molecular complexity index is 892. The molecule has 150 valence electrons. The number of nitrogens with zero attached hydrogens (tertiary/aromatic N) is 1. The van der Waals surface area contributed by atoms with Crippen LogP contribution in [0.4, 0.5) is 0 Å². The minimum absolute atomic E-state index is 0.105. The van der Waals surface area contributed by atoms with Gasteiger partial charge in [-0.2, -0.15) is 4.31 Å². The van der Waals surface area contributed by atoms with Crippen molar-refractivity contribution < 1.29 is 22.7 Å². The second kappa shape index (κ2) is 10.0. The van der Waals surface area contributed by atoms with E-state index in [4.69, 9.17) is 4.74 Å². The summed E-state index contributed by atoms with van der Waals surface area (Å²) in [6.07, 6.45) is 0. The zero-order valence-electron chi connectivity index (χ0n) is 15.9.